The molecule has 0 amide bonds. The number of nitrogens with zero attached hydrogens (tertiary/aromatic N) is 4. The van der Waals surface area contributed by atoms with E-state index in [1.807, 2.05) is 72.8 Å². The summed E-state index contributed by atoms with van der Waals surface area (Å²) >= 11 is 3.26. The molecule has 9 heteroatoms. The lowest BCUT2D eigenvalue weighted by Gasteiger charge is -2.07. The third-order valence-corrected chi connectivity index (χ3v) is 13.2. The molecule has 0 aliphatic rings. The predicted molar refractivity (Wildman–Crippen MR) is 228 cm³/mol. The number of thiazole rings is 2. The Labute approximate surface area is 330 Å². The molecular formula is C46H38N4O2S3. The van der Waals surface area contributed by atoms with Crippen molar-refractivity contribution in [2.24, 2.45) is 0 Å². The van der Waals surface area contributed by atoms with Crippen LogP contribution < -0.4 is 0 Å². The second-order valence-corrected chi connectivity index (χ2v) is 18.1. The molecule has 55 heavy (non-hydrogen) atoms. The van der Waals surface area contributed by atoms with E-state index >= 15 is 0 Å². The van der Waals surface area contributed by atoms with Gasteiger partial charge in [0.2, 0.25) is 0 Å². The number of aryl methyl sites for hydroxylation is 4. The molecule has 0 unspecified atom stereocenters. The van der Waals surface area contributed by atoms with E-state index in [1.54, 1.807) is 47.5 Å². The first-order valence-electron chi connectivity index (χ1n) is 18.0. The van der Waals surface area contributed by atoms with Gasteiger partial charge in [0.1, 0.15) is 10.0 Å². The van der Waals surface area contributed by atoms with Gasteiger partial charge in [0.05, 0.1) is 32.6 Å². The Kier molecular flexibility index (Phi) is 10.1. The smallest absolute Gasteiger partial charge is 0.158 e. The Morgan fingerprint density at radius 1 is 0.436 bits per heavy atom. The zero-order valence-corrected chi connectivity index (χ0v) is 33.4. The number of sulfone groups is 1. The predicted octanol–water partition coefficient (Wildman–Crippen LogP) is 11.7. The van der Waals surface area contributed by atoms with Crippen LogP contribution in [-0.4, -0.2) is 28.4 Å². The Morgan fingerprint density at radius 3 is 1.13 bits per heavy atom. The van der Waals surface area contributed by atoms with Crippen LogP contribution in [0, 0.1) is 27.7 Å². The third kappa shape index (κ3) is 8.24. The molecule has 0 saturated heterocycles. The fraction of sp³-hybridized carbons (Fsp3) is 0.130. The fourth-order valence-corrected chi connectivity index (χ4v) is 10.6. The molecule has 8 rings (SSSR count). The third-order valence-electron chi connectivity index (χ3n) is 9.30. The monoisotopic (exact) mass is 774 g/mol. The molecule has 0 aliphatic heterocycles. The van der Waals surface area contributed by atoms with Crippen molar-refractivity contribution in [1.82, 2.24) is 19.9 Å². The zero-order valence-electron chi connectivity index (χ0n) is 30.9. The molecule has 0 atom stereocenters. The molecule has 6 nitrogen and oxygen atoms in total. The van der Waals surface area contributed by atoms with Gasteiger partial charge in [-0.25, -0.2) is 18.4 Å². The zero-order chi connectivity index (χ0) is 38.1. The molecule has 0 aliphatic carbocycles. The van der Waals surface area contributed by atoms with Crippen molar-refractivity contribution in [2.45, 2.75) is 39.2 Å². The highest BCUT2D eigenvalue weighted by Gasteiger charge is 2.20. The second-order valence-electron chi connectivity index (χ2n) is 14.0. The molecule has 0 N–H and O–H groups in total. The molecule has 4 aromatic heterocycles. The van der Waals surface area contributed by atoms with Gasteiger partial charge < -0.3 is 0 Å². The number of hydrogen-bond acceptors (Lipinski definition) is 8. The summed E-state index contributed by atoms with van der Waals surface area (Å²) in [5.41, 5.74) is 14.3. The highest BCUT2D eigenvalue weighted by atomic mass is 32.2. The summed E-state index contributed by atoms with van der Waals surface area (Å²) in [4.78, 5) is 20.8. The molecule has 8 aromatic rings. The maximum Gasteiger partial charge on any atom is 0.158 e. The van der Waals surface area contributed by atoms with E-state index in [2.05, 4.69) is 74.1 Å². The van der Waals surface area contributed by atoms with Crippen molar-refractivity contribution >= 4 is 32.5 Å². The van der Waals surface area contributed by atoms with Crippen LogP contribution in [0.25, 0.3) is 64.5 Å². The minimum atomic E-state index is -3.45. The highest BCUT2D eigenvalue weighted by Crippen LogP contribution is 2.42. The Hall–Kier alpha value is -5.61. The number of pyridine rings is 2. The van der Waals surface area contributed by atoms with Crippen LogP contribution in [-0.2, 0) is 21.3 Å². The molecule has 4 aromatic carbocycles. The van der Waals surface area contributed by atoms with Crippen molar-refractivity contribution in [2.75, 3.05) is 0 Å². The van der Waals surface area contributed by atoms with Gasteiger partial charge in [0.25, 0.3) is 0 Å². The van der Waals surface area contributed by atoms with Crippen LogP contribution in [0.5, 0.6) is 0 Å². The number of aromatic nitrogens is 4. The van der Waals surface area contributed by atoms with Crippen molar-refractivity contribution in [3.8, 4) is 64.5 Å². The van der Waals surface area contributed by atoms with Crippen LogP contribution in [0.15, 0.2) is 134 Å². The Morgan fingerprint density at radius 2 is 0.782 bits per heavy atom. The Bertz CT molecular complexity index is 2510. The number of hydrogen-bond donors (Lipinski definition) is 0. The quantitative estimate of drug-likeness (QED) is 0.138. The van der Waals surface area contributed by atoms with Crippen LogP contribution in [0.1, 0.15) is 33.4 Å². The van der Waals surface area contributed by atoms with Gasteiger partial charge in [-0.3, -0.25) is 9.97 Å². The lowest BCUT2D eigenvalue weighted by Crippen LogP contribution is -2.07. The van der Waals surface area contributed by atoms with Crippen LogP contribution in [0.2, 0.25) is 0 Å². The lowest BCUT2D eigenvalue weighted by atomic mass is 10.0. The lowest BCUT2D eigenvalue weighted by molar-refractivity contribution is 0.594. The van der Waals surface area contributed by atoms with Crippen molar-refractivity contribution in [3.63, 3.8) is 0 Å². The van der Waals surface area contributed by atoms with Gasteiger partial charge in [0, 0.05) is 47.0 Å². The topological polar surface area (TPSA) is 85.7 Å². The van der Waals surface area contributed by atoms with Gasteiger partial charge in [-0.1, -0.05) is 82.9 Å². The van der Waals surface area contributed by atoms with E-state index in [1.165, 1.54) is 22.3 Å². The molecule has 4 heterocycles. The van der Waals surface area contributed by atoms with Crippen molar-refractivity contribution in [1.29, 1.82) is 0 Å². The van der Waals surface area contributed by atoms with Crippen molar-refractivity contribution in [3.05, 3.63) is 167 Å². The normalized spacial score (nSPS) is 11.6. The SMILES string of the molecule is Cc1cc(C)cc(-c2nc(-c3ccc(CS(=O)(=O)Cc4ccc(-c5nc(-c6cc(C)cc(C)c6)c(-c6ccncc6)s5)cc4)cc3)sc2-c2ccncc2)c1. The molecule has 0 fully saturated rings. The van der Waals surface area contributed by atoms with E-state index in [-0.39, 0.29) is 11.5 Å². The summed E-state index contributed by atoms with van der Waals surface area (Å²) in [5.74, 6) is -0.103. The molecule has 272 valence electrons. The molecule has 0 spiro atoms. The summed E-state index contributed by atoms with van der Waals surface area (Å²) < 4.78 is 27.0. The summed E-state index contributed by atoms with van der Waals surface area (Å²) in [6, 6.07) is 36.5. The van der Waals surface area contributed by atoms with Gasteiger partial charge in [-0.05, 0) is 98.5 Å². The molecule has 0 bridgehead atoms. The first-order valence-corrected chi connectivity index (χ1v) is 21.4. The van der Waals surface area contributed by atoms with Gasteiger partial charge in [-0.2, -0.15) is 0 Å². The average molecular weight is 775 g/mol. The maximum absolute atomic E-state index is 13.5. The van der Waals surface area contributed by atoms with Gasteiger partial charge in [-0.15, -0.1) is 22.7 Å². The summed E-state index contributed by atoms with van der Waals surface area (Å²) in [6.07, 6.45) is 7.20. The first kappa shape index (κ1) is 36.4. The second kappa shape index (κ2) is 15.3. The standard InChI is InChI=1S/C46H38N4O2S3/c1-29-21-30(2)24-39(23-29)41-43(35-13-17-47-18-14-35)53-45(49-41)37-9-5-33(6-10-37)27-55(51,52)28-34-7-11-38(12-8-34)46-50-42(40-25-31(3)22-32(4)26-40)44(54-46)36-15-19-48-20-16-36/h5-26H,27-28H2,1-4H3. The minimum Gasteiger partial charge on any atom is -0.265 e. The van der Waals surface area contributed by atoms with E-state index in [9.17, 15) is 8.42 Å². The van der Waals surface area contributed by atoms with E-state index in [4.69, 9.17) is 9.97 Å². The van der Waals surface area contributed by atoms with Crippen LogP contribution in [0.4, 0.5) is 0 Å². The highest BCUT2D eigenvalue weighted by molar-refractivity contribution is 7.89. The van der Waals surface area contributed by atoms with Crippen LogP contribution in [0.3, 0.4) is 0 Å². The van der Waals surface area contributed by atoms with E-state index in [0.717, 1.165) is 75.7 Å². The largest absolute Gasteiger partial charge is 0.265 e. The first-order chi connectivity index (χ1) is 26.6. The van der Waals surface area contributed by atoms with Gasteiger partial charge in [0.15, 0.2) is 9.84 Å². The average Bonchev–Trinajstić information content (AvgIpc) is 3.82. The van der Waals surface area contributed by atoms with E-state index in [0.29, 0.717) is 0 Å². The Balaban J connectivity index is 1.00. The van der Waals surface area contributed by atoms with Gasteiger partial charge >= 0.3 is 0 Å². The minimum absolute atomic E-state index is 0.0516. The molecule has 0 saturated carbocycles. The molecule has 0 radical (unpaired) electrons. The summed E-state index contributed by atoms with van der Waals surface area (Å²) in [7, 11) is -3.45. The number of benzene rings is 4. The fourth-order valence-electron chi connectivity index (χ4n) is 6.95. The molecular weight excluding hydrogens is 737 g/mol. The summed E-state index contributed by atoms with van der Waals surface area (Å²) in [6.45, 7) is 8.40. The summed E-state index contributed by atoms with van der Waals surface area (Å²) in [5, 5.41) is 1.76. The van der Waals surface area contributed by atoms with Crippen molar-refractivity contribution < 1.29 is 8.42 Å². The maximum atomic E-state index is 13.5. The number of rotatable bonds is 10. The van der Waals surface area contributed by atoms with Crippen LogP contribution >= 0.6 is 22.7 Å². The van der Waals surface area contributed by atoms with E-state index < -0.39 is 9.84 Å².